The summed E-state index contributed by atoms with van der Waals surface area (Å²) >= 11 is 0. The van der Waals surface area contributed by atoms with Crippen molar-refractivity contribution in [2.45, 2.75) is 31.2 Å². The molecule has 1 aliphatic heterocycles. The molecule has 0 unspecified atom stereocenters. The third-order valence-electron chi connectivity index (χ3n) is 4.45. The molecule has 1 saturated heterocycles. The number of nitrogens with one attached hydrogen (secondary N) is 1. The molecule has 1 aromatic heterocycles. The quantitative estimate of drug-likeness (QED) is 0.797. The van der Waals surface area contributed by atoms with Gasteiger partial charge in [-0.15, -0.1) is 0 Å². The summed E-state index contributed by atoms with van der Waals surface area (Å²) < 4.78 is 37.3. The minimum atomic E-state index is -1.33. The van der Waals surface area contributed by atoms with Crippen molar-refractivity contribution in [3.63, 3.8) is 0 Å². The van der Waals surface area contributed by atoms with Crippen LogP contribution >= 0.6 is 0 Å². The lowest BCUT2D eigenvalue weighted by molar-refractivity contribution is -0.152. The third kappa shape index (κ3) is 4.30. The van der Waals surface area contributed by atoms with Crippen LogP contribution in [0.2, 0.25) is 0 Å². The average molecular weight is 380 g/mol. The molecule has 1 amide bonds. The van der Waals surface area contributed by atoms with Crippen LogP contribution in [-0.2, 0) is 20.7 Å². The van der Waals surface area contributed by atoms with Crippen molar-refractivity contribution in [3.05, 3.63) is 41.9 Å². The molecule has 0 bridgehead atoms. The number of benzene rings is 1. The van der Waals surface area contributed by atoms with Crippen molar-refractivity contribution in [1.82, 2.24) is 10.3 Å². The monoisotopic (exact) mass is 380 g/mol. The van der Waals surface area contributed by atoms with Crippen LogP contribution < -0.4 is 5.32 Å². The number of carboxylic acids is 1. The summed E-state index contributed by atoms with van der Waals surface area (Å²) in [5.41, 5.74) is -1.26. The molecule has 2 N–H and O–H groups in total. The SMILES string of the molecule is O=C(CCc1ncc(-c2ccc(F)cc2F)o1)NC1(C(=O)O)CCOCC1. The molecule has 0 atom stereocenters. The Labute approximate surface area is 153 Å². The van der Waals surface area contributed by atoms with Crippen LogP contribution in [0.4, 0.5) is 8.78 Å². The first kappa shape index (κ1) is 19.0. The fourth-order valence-corrected chi connectivity index (χ4v) is 2.90. The number of hydrogen-bond acceptors (Lipinski definition) is 5. The van der Waals surface area contributed by atoms with Gasteiger partial charge in [0.25, 0.3) is 0 Å². The molecule has 1 aromatic carbocycles. The number of ether oxygens (including phenoxy) is 1. The maximum atomic E-state index is 13.8. The molecule has 27 heavy (non-hydrogen) atoms. The lowest BCUT2D eigenvalue weighted by atomic mass is 9.90. The van der Waals surface area contributed by atoms with Crippen molar-refractivity contribution in [3.8, 4) is 11.3 Å². The Kier molecular flexibility index (Phi) is 5.50. The summed E-state index contributed by atoms with van der Waals surface area (Å²) in [4.78, 5) is 27.7. The number of carbonyl (C=O) groups is 2. The Balaban J connectivity index is 1.61. The number of aryl methyl sites for hydroxylation is 1. The van der Waals surface area contributed by atoms with Gasteiger partial charge < -0.3 is 19.6 Å². The van der Waals surface area contributed by atoms with E-state index in [9.17, 15) is 23.5 Å². The number of rotatable bonds is 6. The number of aliphatic carboxylic acids is 1. The van der Waals surface area contributed by atoms with E-state index in [0.29, 0.717) is 0 Å². The zero-order chi connectivity index (χ0) is 19.4. The fraction of sp³-hybridized carbons (Fsp3) is 0.389. The molecule has 0 radical (unpaired) electrons. The normalized spacial score (nSPS) is 16.1. The summed E-state index contributed by atoms with van der Waals surface area (Å²) in [5.74, 6) is -2.71. The van der Waals surface area contributed by atoms with Crippen LogP contribution in [0, 0.1) is 11.6 Å². The second-order valence-corrected chi connectivity index (χ2v) is 6.29. The van der Waals surface area contributed by atoms with E-state index in [0.717, 1.165) is 12.1 Å². The van der Waals surface area contributed by atoms with Crippen LogP contribution in [-0.4, -0.2) is 40.7 Å². The van der Waals surface area contributed by atoms with Gasteiger partial charge in [-0.3, -0.25) is 4.79 Å². The fourth-order valence-electron chi connectivity index (χ4n) is 2.90. The molecular formula is C18H18F2N2O5. The molecule has 144 valence electrons. The molecule has 1 fully saturated rings. The first-order valence-corrected chi connectivity index (χ1v) is 8.42. The van der Waals surface area contributed by atoms with Crippen molar-refractivity contribution in [1.29, 1.82) is 0 Å². The Bertz CT molecular complexity index is 846. The first-order valence-electron chi connectivity index (χ1n) is 8.42. The molecular weight excluding hydrogens is 362 g/mol. The van der Waals surface area contributed by atoms with Gasteiger partial charge in [-0.1, -0.05) is 0 Å². The summed E-state index contributed by atoms with van der Waals surface area (Å²) in [7, 11) is 0. The molecule has 0 spiro atoms. The lowest BCUT2D eigenvalue weighted by Gasteiger charge is -2.33. The van der Waals surface area contributed by atoms with E-state index in [-0.39, 0.29) is 56.1 Å². The molecule has 2 heterocycles. The largest absolute Gasteiger partial charge is 0.480 e. The van der Waals surface area contributed by atoms with Crippen molar-refractivity contribution < 1.29 is 32.6 Å². The molecule has 1 aliphatic rings. The van der Waals surface area contributed by atoms with E-state index < -0.39 is 29.0 Å². The highest BCUT2D eigenvalue weighted by Gasteiger charge is 2.41. The van der Waals surface area contributed by atoms with Crippen LogP contribution in [0.3, 0.4) is 0 Å². The smallest absolute Gasteiger partial charge is 0.329 e. The van der Waals surface area contributed by atoms with Gasteiger partial charge in [-0.2, -0.15) is 0 Å². The highest BCUT2D eigenvalue weighted by Crippen LogP contribution is 2.25. The zero-order valence-electron chi connectivity index (χ0n) is 14.3. The highest BCUT2D eigenvalue weighted by atomic mass is 19.1. The van der Waals surface area contributed by atoms with Crippen molar-refractivity contribution >= 4 is 11.9 Å². The van der Waals surface area contributed by atoms with Gasteiger partial charge >= 0.3 is 5.97 Å². The summed E-state index contributed by atoms with van der Waals surface area (Å²) in [5, 5.41) is 12.0. The van der Waals surface area contributed by atoms with E-state index >= 15 is 0 Å². The number of amides is 1. The van der Waals surface area contributed by atoms with E-state index in [1.54, 1.807) is 0 Å². The van der Waals surface area contributed by atoms with Gasteiger partial charge in [0.05, 0.1) is 11.8 Å². The summed E-state index contributed by atoms with van der Waals surface area (Å²) in [6.45, 7) is 0.526. The number of oxazole rings is 1. The minimum absolute atomic E-state index is 0.0399. The second kappa shape index (κ2) is 7.83. The third-order valence-corrected chi connectivity index (χ3v) is 4.45. The Hall–Kier alpha value is -2.81. The molecule has 0 aliphatic carbocycles. The predicted octanol–water partition coefficient (Wildman–Crippen LogP) is 2.30. The molecule has 9 heteroatoms. The standard InChI is InChI=1S/C18H18F2N2O5/c19-11-1-2-12(13(20)9-11)14-10-21-16(27-14)4-3-15(23)22-18(17(24)25)5-7-26-8-6-18/h1-2,9-10H,3-8H2,(H,22,23)(H,24,25). The Morgan fingerprint density at radius 2 is 2.00 bits per heavy atom. The van der Waals surface area contributed by atoms with Gasteiger partial charge in [-0.25, -0.2) is 18.6 Å². The first-order chi connectivity index (χ1) is 12.9. The number of hydrogen-bond donors (Lipinski definition) is 2. The van der Waals surface area contributed by atoms with Gasteiger partial charge in [-0.05, 0) is 12.1 Å². The Morgan fingerprint density at radius 3 is 2.67 bits per heavy atom. The highest BCUT2D eigenvalue weighted by molar-refractivity contribution is 5.87. The molecule has 2 aromatic rings. The summed E-state index contributed by atoms with van der Waals surface area (Å²) in [6.07, 6.45) is 1.76. The van der Waals surface area contributed by atoms with Gasteiger partial charge in [0.1, 0.15) is 17.2 Å². The predicted molar refractivity (Wildman–Crippen MR) is 88.7 cm³/mol. The maximum Gasteiger partial charge on any atom is 0.329 e. The van der Waals surface area contributed by atoms with Gasteiger partial charge in [0, 0.05) is 45.0 Å². The van der Waals surface area contributed by atoms with Crippen LogP contribution in [0.15, 0.2) is 28.8 Å². The van der Waals surface area contributed by atoms with Gasteiger partial charge in [0.15, 0.2) is 11.7 Å². The van der Waals surface area contributed by atoms with Crippen LogP contribution in [0.1, 0.15) is 25.2 Å². The number of aromatic nitrogens is 1. The second-order valence-electron chi connectivity index (χ2n) is 6.29. The average Bonchev–Trinajstić information content (AvgIpc) is 3.09. The molecule has 7 nitrogen and oxygen atoms in total. The molecule has 0 saturated carbocycles. The minimum Gasteiger partial charge on any atom is -0.480 e. The maximum absolute atomic E-state index is 13.8. The Morgan fingerprint density at radius 1 is 1.26 bits per heavy atom. The van der Waals surface area contributed by atoms with Gasteiger partial charge in [0.2, 0.25) is 5.91 Å². The topological polar surface area (TPSA) is 102 Å². The molecule has 3 rings (SSSR count). The summed E-state index contributed by atoms with van der Waals surface area (Å²) in [6, 6.07) is 3.08. The van der Waals surface area contributed by atoms with E-state index in [2.05, 4.69) is 10.3 Å². The van der Waals surface area contributed by atoms with E-state index in [1.807, 2.05) is 0 Å². The number of carbonyl (C=O) groups excluding carboxylic acids is 1. The number of halogens is 2. The van der Waals surface area contributed by atoms with Crippen LogP contribution in [0.25, 0.3) is 11.3 Å². The number of carboxylic acid groups (broad SMARTS) is 1. The van der Waals surface area contributed by atoms with Crippen molar-refractivity contribution in [2.75, 3.05) is 13.2 Å². The number of nitrogens with zero attached hydrogens (tertiary/aromatic N) is 1. The zero-order valence-corrected chi connectivity index (χ0v) is 14.3. The van der Waals surface area contributed by atoms with E-state index in [4.69, 9.17) is 9.15 Å². The van der Waals surface area contributed by atoms with Crippen molar-refractivity contribution in [2.24, 2.45) is 0 Å². The lowest BCUT2D eigenvalue weighted by Crippen LogP contribution is -2.57. The van der Waals surface area contributed by atoms with E-state index in [1.165, 1.54) is 12.3 Å². The van der Waals surface area contributed by atoms with Crippen LogP contribution in [0.5, 0.6) is 0 Å².